The minimum Gasteiger partial charge on any atom is -0.492 e. The molecule has 0 aromatic heterocycles. The van der Waals surface area contributed by atoms with Crippen molar-refractivity contribution in [3.8, 4) is 5.75 Å². The highest BCUT2D eigenvalue weighted by Gasteiger charge is 2.26. The van der Waals surface area contributed by atoms with Gasteiger partial charge in [-0.25, -0.2) is 0 Å². The molecule has 0 spiro atoms. The zero-order valence-corrected chi connectivity index (χ0v) is 11.1. The van der Waals surface area contributed by atoms with Gasteiger partial charge in [-0.1, -0.05) is 25.1 Å². The van der Waals surface area contributed by atoms with Gasteiger partial charge in [0, 0.05) is 31.2 Å². The molecular formula is C15H22N2O. The molecule has 1 aromatic rings. The van der Waals surface area contributed by atoms with Gasteiger partial charge in [-0.2, -0.15) is 0 Å². The molecule has 0 aliphatic carbocycles. The lowest BCUT2D eigenvalue weighted by Gasteiger charge is -2.36. The third-order valence-corrected chi connectivity index (χ3v) is 4.05. The molecular weight excluding hydrogens is 224 g/mol. The van der Waals surface area contributed by atoms with Gasteiger partial charge in [-0.3, -0.25) is 4.90 Å². The molecule has 0 radical (unpaired) electrons. The van der Waals surface area contributed by atoms with Gasteiger partial charge in [-0.05, 0) is 24.9 Å². The van der Waals surface area contributed by atoms with Crippen LogP contribution in [0.3, 0.4) is 0 Å². The average molecular weight is 246 g/mol. The highest BCUT2D eigenvalue weighted by atomic mass is 16.5. The summed E-state index contributed by atoms with van der Waals surface area (Å²) >= 11 is 0. The standard InChI is InChI=1S/C15H22N2O/c1-12-8-14(10-16-9-12)17-6-7-18-15-5-3-2-4-13(15)11-17/h2-5,12,14,16H,6-11H2,1H3. The van der Waals surface area contributed by atoms with E-state index in [1.807, 2.05) is 0 Å². The fourth-order valence-electron chi connectivity index (χ4n) is 3.06. The number of hydrogen-bond donors (Lipinski definition) is 1. The fourth-order valence-corrected chi connectivity index (χ4v) is 3.06. The van der Waals surface area contributed by atoms with Crippen LogP contribution in [-0.2, 0) is 6.54 Å². The largest absolute Gasteiger partial charge is 0.492 e. The van der Waals surface area contributed by atoms with Crippen LogP contribution >= 0.6 is 0 Å². The quantitative estimate of drug-likeness (QED) is 0.819. The Morgan fingerprint density at radius 1 is 1.28 bits per heavy atom. The number of hydrogen-bond acceptors (Lipinski definition) is 3. The van der Waals surface area contributed by atoms with Gasteiger partial charge >= 0.3 is 0 Å². The summed E-state index contributed by atoms with van der Waals surface area (Å²) in [5.74, 6) is 1.85. The van der Waals surface area contributed by atoms with Gasteiger partial charge in [0.15, 0.2) is 0 Å². The van der Waals surface area contributed by atoms with E-state index in [2.05, 4.69) is 41.4 Å². The van der Waals surface area contributed by atoms with E-state index in [0.29, 0.717) is 6.04 Å². The molecule has 0 bridgehead atoms. The molecule has 1 N–H and O–H groups in total. The molecule has 1 fully saturated rings. The molecule has 2 atom stereocenters. The number of piperidine rings is 1. The SMILES string of the molecule is CC1CNCC(N2CCOc3ccccc3C2)C1. The summed E-state index contributed by atoms with van der Waals surface area (Å²) in [5, 5.41) is 3.54. The second-order valence-corrected chi connectivity index (χ2v) is 5.58. The number of nitrogens with zero attached hydrogens (tertiary/aromatic N) is 1. The second-order valence-electron chi connectivity index (χ2n) is 5.58. The van der Waals surface area contributed by atoms with Gasteiger partial charge in [0.1, 0.15) is 12.4 Å². The Balaban J connectivity index is 1.74. The summed E-state index contributed by atoms with van der Waals surface area (Å²) in [6.45, 7) is 7.48. The van der Waals surface area contributed by atoms with E-state index in [1.165, 1.54) is 12.0 Å². The maximum atomic E-state index is 5.83. The van der Waals surface area contributed by atoms with Crippen LogP contribution in [0.2, 0.25) is 0 Å². The zero-order chi connectivity index (χ0) is 12.4. The van der Waals surface area contributed by atoms with Gasteiger partial charge < -0.3 is 10.1 Å². The smallest absolute Gasteiger partial charge is 0.123 e. The Hall–Kier alpha value is -1.06. The van der Waals surface area contributed by atoms with Crippen molar-refractivity contribution in [2.75, 3.05) is 26.2 Å². The van der Waals surface area contributed by atoms with Crippen LogP contribution in [0.1, 0.15) is 18.9 Å². The highest BCUT2D eigenvalue weighted by Crippen LogP contribution is 2.25. The highest BCUT2D eigenvalue weighted by molar-refractivity contribution is 5.33. The monoisotopic (exact) mass is 246 g/mol. The number of ether oxygens (including phenoxy) is 1. The van der Waals surface area contributed by atoms with Gasteiger partial charge in [0.05, 0.1) is 0 Å². The Morgan fingerprint density at radius 3 is 3.06 bits per heavy atom. The van der Waals surface area contributed by atoms with E-state index in [-0.39, 0.29) is 0 Å². The van der Waals surface area contributed by atoms with E-state index in [4.69, 9.17) is 4.74 Å². The van der Waals surface area contributed by atoms with E-state index in [1.54, 1.807) is 0 Å². The van der Waals surface area contributed by atoms with Crippen LogP contribution in [0, 0.1) is 5.92 Å². The second kappa shape index (κ2) is 5.29. The van der Waals surface area contributed by atoms with Crippen LogP contribution in [0.4, 0.5) is 0 Å². The maximum Gasteiger partial charge on any atom is 0.123 e. The summed E-state index contributed by atoms with van der Waals surface area (Å²) in [7, 11) is 0. The van der Waals surface area contributed by atoms with Crippen molar-refractivity contribution in [3.63, 3.8) is 0 Å². The van der Waals surface area contributed by atoms with Crippen molar-refractivity contribution in [2.45, 2.75) is 25.9 Å². The molecule has 2 aliphatic heterocycles. The summed E-state index contributed by atoms with van der Waals surface area (Å²) in [4.78, 5) is 2.58. The topological polar surface area (TPSA) is 24.5 Å². The van der Waals surface area contributed by atoms with E-state index in [9.17, 15) is 0 Å². The molecule has 3 heteroatoms. The molecule has 2 heterocycles. The first-order valence-electron chi connectivity index (χ1n) is 6.98. The van der Waals surface area contributed by atoms with Crippen LogP contribution < -0.4 is 10.1 Å². The first-order valence-corrected chi connectivity index (χ1v) is 6.98. The lowest BCUT2D eigenvalue weighted by Crippen LogP contribution is -2.48. The Morgan fingerprint density at radius 2 is 2.17 bits per heavy atom. The Bertz CT molecular complexity index is 407. The lowest BCUT2D eigenvalue weighted by molar-refractivity contribution is 0.128. The molecule has 3 nitrogen and oxygen atoms in total. The number of para-hydroxylation sites is 1. The third kappa shape index (κ3) is 2.52. The molecule has 0 saturated carbocycles. The third-order valence-electron chi connectivity index (χ3n) is 4.05. The summed E-state index contributed by atoms with van der Waals surface area (Å²) in [6, 6.07) is 9.09. The molecule has 98 valence electrons. The minimum atomic E-state index is 0.656. The molecule has 3 rings (SSSR count). The number of benzene rings is 1. The number of nitrogens with one attached hydrogen (secondary N) is 1. The van der Waals surface area contributed by atoms with Crippen molar-refractivity contribution in [2.24, 2.45) is 5.92 Å². The predicted molar refractivity (Wildman–Crippen MR) is 72.8 cm³/mol. The van der Waals surface area contributed by atoms with Crippen molar-refractivity contribution in [1.82, 2.24) is 10.2 Å². The van der Waals surface area contributed by atoms with Gasteiger partial charge in [0.25, 0.3) is 0 Å². The molecule has 1 saturated heterocycles. The van der Waals surface area contributed by atoms with Gasteiger partial charge in [0.2, 0.25) is 0 Å². The minimum absolute atomic E-state index is 0.656. The molecule has 2 unspecified atom stereocenters. The van der Waals surface area contributed by atoms with E-state index < -0.39 is 0 Å². The van der Waals surface area contributed by atoms with Crippen molar-refractivity contribution in [3.05, 3.63) is 29.8 Å². The average Bonchev–Trinajstić information content (AvgIpc) is 2.60. The van der Waals surface area contributed by atoms with E-state index >= 15 is 0 Å². The fraction of sp³-hybridized carbons (Fsp3) is 0.600. The van der Waals surface area contributed by atoms with Crippen molar-refractivity contribution >= 4 is 0 Å². The summed E-state index contributed by atoms with van der Waals surface area (Å²) in [6.07, 6.45) is 1.30. The van der Waals surface area contributed by atoms with E-state index in [0.717, 1.165) is 44.5 Å². The number of rotatable bonds is 1. The Kier molecular flexibility index (Phi) is 3.52. The first-order chi connectivity index (χ1) is 8.83. The number of fused-ring (bicyclic) bond motifs is 1. The van der Waals surface area contributed by atoms with Crippen LogP contribution in [0.25, 0.3) is 0 Å². The zero-order valence-electron chi connectivity index (χ0n) is 11.1. The summed E-state index contributed by atoms with van der Waals surface area (Å²) in [5.41, 5.74) is 1.33. The lowest BCUT2D eigenvalue weighted by atomic mass is 9.96. The van der Waals surface area contributed by atoms with Gasteiger partial charge in [-0.15, -0.1) is 0 Å². The first kappa shape index (κ1) is 12.0. The normalized spacial score (nSPS) is 29.2. The van der Waals surface area contributed by atoms with Crippen LogP contribution in [0.15, 0.2) is 24.3 Å². The van der Waals surface area contributed by atoms with Crippen LogP contribution in [0.5, 0.6) is 5.75 Å². The molecule has 0 amide bonds. The maximum absolute atomic E-state index is 5.83. The van der Waals surface area contributed by atoms with Crippen LogP contribution in [-0.4, -0.2) is 37.2 Å². The molecule has 2 aliphatic rings. The molecule has 1 aromatic carbocycles. The van der Waals surface area contributed by atoms with Crippen molar-refractivity contribution in [1.29, 1.82) is 0 Å². The molecule has 18 heavy (non-hydrogen) atoms. The summed E-state index contributed by atoms with van der Waals surface area (Å²) < 4.78 is 5.83. The predicted octanol–water partition coefficient (Wildman–Crippen LogP) is 1.88. The van der Waals surface area contributed by atoms with Crippen molar-refractivity contribution < 1.29 is 4.74 Å². The Labute approximate surface area is 109 Å².